The lowest BCUT2D eigenvalue weighted by Gasteiger charge is -2.14. The van der Waals surface area contributed by atoms with Crippen molar-refractivity contribution >= 4 is 33.7 Å². The Bertz CT molecular complexity index is 518. The fourth-order valence-electron chi connectivity index (χ4n) is 1.61. The van der Waals surface area contributed by atoms with E-state index in [0.717, 1.165) is 6.07 Å². The van der Waals surface area contributed by atoms with Gasteiger partial charge in [0.25, 0.3) is 0 Å². The summed E-state index contributed by atoms with van der Waals surface area (Å²) in [7, 11) is -0.880. The van der Waals surface area contributed by atoms with Gasteiger partial charge in [0, 0.05) is 40.6 Å². The van der Waals surface area contributed by atoms with Crippen molar-refractivity contribution in [2.75, 3.05) is 23.9 Å². The molecule has 0 bridgehead atoms. The molecule has 3 nitrogen and oxygen atoms in total. The van der Waals surface area contributed by atoms with Crippen LogP contribution in [0.4, 0.5) is 18.9 Å². The molecule has 0 radical (unpaired) electrons. The Morgan fingerprint density at radius 3 is 2.60 bits per heavy atom. The number of alkyl halides is 3. The molecule has 3 N–H and O–H groups in total. The average molecular weight is 324 g/mol. The topological polar surface area (TPSA) is 55.1 Å². The lowest BCUT2D eigenvalue weighted by molar-refractivity contribution is -0.137. The third kappa shape index (κ3) is 5.09. The van der Waals surface area contributed by atoms with E-state index in [-0.39, 0.29) is 10.6 Å². The normalized spacial score (nSPS) is 13.0. The highest BCUT2D eigenvalue weighted by Gasteiger charge is 2.33. The standard InChI is InChI=1S/C12H15F3N2OS2/c1-20(18)6-2-5-17-8-3-4-10(12(13,14)15)9(7-8)11(16)19/h3-4,7,17H,2,5-6H2,1H3,(H2,16,19). The molecular formula is C12H15F3N2OS2. The highest BCUT2D eigenvalue weighted by molar-refractivity contribution is 7.84. The van der Waals surface area contributed by atoms with E-state index in [0.29, 0.717) is 24.4 Å². The van der Waals surface area contributed by atoms with Gasteiger partial charge in [0.2, 0.25) is 0 Å². The Morgan fingerprint density at radius 1 is 1.45 bits per heavy atom. The van der Waals surface area contributed by atoms with E-state index in [9.17, 15) is 17.4 Å². The molecule has 112 valence electrons. The van der Waals surface area contributed by atoms with E-state index in [1.165, 1.54) is 12.1 Å². The Hall–Kier alpha value is -1.15. The van der Waals surface area contributed by atoms with Crippen LogP contribution < -0.4 is 11.1 Å². The van der Waals surface area contributed by atoms with Gasteiger partial charge < -0.3 is 11.1 Å². The first kappa shape index (κ1) is 16.9. The van der Waals surface area contributed by atoms with Crippen molar-refractivity contribution in [1.82, 2.24) is 0 Å². The van der Waals surface area contributed by atoms with E-state index in [4.69, 9.17) is 5.73 Å². The molecule has 1 atom stereocenters. The Morgan fingerprint density at radius 2 is 2.10 bits per heavy atom. The molecule has 8 heteroatoms. The quantitative estimate of drug-likeness (QED) is 0.624. The largest absolute Gasteiger partial charge is 0.417 e. The molecule has 20 heavy (non-hydrogen) atoms. The average Bonchev–Trinajstić information content (AvgIpc) is 2.33. The van der Waals surface area contributed by atoms with Crippen LogP contribution in [0.25, 0.3) is 0 Å². The van der Waals surface area contributed by atoms with Crippen LogP contribution in [-0.2, 0) is 17.0 Å². The maximum Gasteiger partial charge on any atom is 0.417 e. The van der Waals surface area contributed by atoms with E-state index in [1.807, 2.05) is 0 Å². The maximum absolute atomic E-state index is 12.8. The summed E-state index contributed by atoms with van der Waals surface area (Å²) in [5, 5.41) is 2.96. The maximum atomic E-state index is 12.8. The zero-order chi connectivity index (χ0) is 15.3. The van der Waals surface area contributed by atoms with Gasteiger partial charge in [-0.25, -0.2) is 0 Å². The van der Waals surface area contributed by atoms with Crippen molar-refractivity contribution in [3.05, 3.63) is 29.3 Å². The minimum atomic E-state index is -4.49. The highest BCUT2D eigenvalue weighted by atomic mass is 32.2. The van der Waals surface area contributed by atoms with E-state index in [1.54, 1.807) is 6.26 Å². The number of hydrogen-bond acceptors (Lipinski definition) is 3. The van der Waals surface area contributed by atoms with Gasteiger partial charge in [-0.1, -0.05) is 12.2 Å². The molecule has 1 rings (SSSR count). The van der Waals surface area contributed by atoms with E-state index in [2.05, 4.69) is 17.5 Å². The third-order valence-electron chi connectivity index (χ3n) is 2.53. The fraction of sp³-hybridized carbons (Fsp3) is 0.417. The second kappa shape index (κ2) is 7.03. The number of benzene rings is 1. The SMILES string of the molecule is CS(=O)CCCNc1ccc(C(F)(F)F)c(C(N)=S)c1. The van der Waals surface area contributed by atoms with E-state index >= 15 is 0 Å². The van der Waals surface area contributed by atoms with Gasteiger partial charge in [-0.15, -0.1) is 0 Å². The monoisotopic (exact) mass is 324 g/mol. The van der Waals surface area contributed by atoms with Crippen LogP contribution in [0.2, 0.25) is 0 Å². The lowest BCUT2D eigenvalue weighted by Crippen LogP contribution is -2.18. The summed E-state index contributed by atoms with van der Waals surface area (Å²) in [4.78, 5) is -0.296. The number of thiocarbonyl (C=S) groups is 1. The first-order chi connectivity index (χ1) is 9.21. The molecular weight excluding hydrogens is 309 g/mol. The van der Waals surface area contributed by atoms with Crippen molar-refractivity contribution in [2.24, 2.45) is 5.73 Å². The van der Waals surface area contributed by atoms with Crippen LogP contribution in [-0.4, -0.2) is 27.8 Å². The van der Waals surface area contributed by atoms with Crippen LogP contribution in [0.1, 0.15) is 17.5 Å². The van der Waals surface area contributed by atoms with Crippen LogP contribution in [0.5, 0.6) is 0 Å². The molecule has 0 aromatic heterocycles. The summed E-state index contributed by atoms with van der Waals surface area (Å²) in [6.07, 6.45) is -2.23. The number of hydrogen-bond donors (Lipinski definition) is 2. The van der Waals surface area contributed by atoms with Gasteiger partial charge in [0.05, 0.1) is 5.56 Å². The first-order valence-electron chi connectivity index (χ1n) is 5.76. The van der Waals surface area contributed by atoms with Crippen LogP contribution in [0.15, 0.2) is 18.2 Å². The summed E-state index contributed by atoms with van der Waals surface area (Å²) in [5.74, 6) is 0.537. The van der Waals surface area contributed by atoms with Crippen molar-refractivity contribution in [3.8, 4) is 0 Å². The van der Waals surface area contributed by atoms with Crippen LogP contribution in [0, 0.1) is 0 Å². The summed E-state index contributed by atoms with van der Waals surface area (Å²) >= 11 is 4.66. The minimum Gasteiger partial charge on any atom is -0.389 e. The Balaban J connectivity index is 2.83. The summed E-state index contributed by atoms with van der Waals surface area (Å²) in [5.41, 5.74) is 4.80. The second-order valence-electron chi connectivity index (χ2n) is 4.18. The number of anilines is 1. The summed E-state index contributed by atoms with van der Waals surface area (Å²) < 4.78 is 49.2. The van der Waals surface area contributed by atoms with Gasteiger partial charge in [-0.05, 0) is 24.6 Å². The number of halogens is 3. The molecule has 0 fully saturated rings. The lowest BCUT2D eigenvalue weighted by atomic mass is 10.1. The second-order valence-corrected chi connectivity index (χ2v) is 6.17. The molecule has 0 aliphatic rings. The van der Waals surface area contributed by atoms with Crippen molar-refractivity contribution in [2.45, 2.75) is 12.6 Å². The molecule has 1 unspecified atom stereocenters. The summed E-state index contributed by atoms with van der Waals surface area (Å²) in [6.45, 7) is 0.516. The number of nitrogens with two attached hydrogens (primary N) is 1. The van der Waals surface area contributed by atoms with Crippen LogP contribution >= 0.6 is 12.2 Å². The predicted octanol–water partition coefficient (Wildman–Crippen LogP) is 2.52. The molecule has 0 aliphatic carbocycles. The molecule has 0 amide bonds. The summed E-state index contributed by atoms with van der Waals surface area (Å²) in [6, 6.07) is 3.57. The Kier molecular flexibility index (Phi) is 5.94. The molecule has 0 aliphatic heterocycles. The zero-order valence-corrected chi connectivity index (χ0v) is 12.4. The van der Waals surface area contributed by atoms with Crippen molar-refractivity contribution in [1.29, 1.82) is 0 Å². The fourth-order valence-corrected chi connectivity index (χ4v) is 2.33. The smallest absolute Gasteiger partial charge is 0.389 e. The molecule has 0 saturated carbocycles. The Labute approximate surface area is 123 Å². The highest BCUT2D eigenvalue weighted by Crippen LogP contribution is 2.33. The van der Waals surface area contributed by atoms with Crippen molar-refractivity contribution in [3.63, 3.8) is 0 Å². The molecule has 0 heterocycles. The molecule has 0 spiro atoms. The van der Waals surface area contributed by atoms with Gasteiger partial charge in [0.1, 0.15) is 4.99 Å². The predicted molar refractivity (Wildman–Crippen MR) is 79.4 cm³/mol. The number of rotatable bonds is 6. The minimum absolute atomic E-state index is 0.198. The number of nitrogens with one attached hydrogen (secondary N) is 1. The molecule has 1 aromatic carbocycles. The van der Waals surface area contributed by atoms with Gasteiger partial charge in [-0.3, -0.25) is 4.21 Å². The van der Waals surface area contributed by atoms with Crippen molar-refractivity contribution < 1.29 is 17.4 Å². The molecule has 1 aromatic rings. The van der Waals surface area contributed by atoms with Gasteiger partial charge >= 0.3 is 6.18 Å². The van der Waals surface area contributed by atoms with Gasteiger partial charge in [0.15, 0.2) is 0 Å². The van der Waals surface area contributed by atoms with E-state index < -0.39 is 22.5 Å². The van der Waals surface area contributed by atoms with Crippen LogP contribution in [0.3, 0.4) is 0 Å². The molecule has 0 saturated heterocycles. The third-order valence-corrected chi connectivity index (χ3v) is 3.61. The van der Waals surface area contributed by atoms with Gasteiger partial charge in [-0.2, -0.15) is 13.2 Å². The zero-order valence-electron chi connectivity index (χ0n) is 10.8. The first-order valence-corrected chi connectivity index (χ1v) is 7.90.